The second-order valence-corrected chi connectivity index (χ2v) is 29.7. The Balaban J connectivity index is 5.27. The lowest BCUT2D eigenvalue weighted by molar-refractivity contribution is -0.161. The van der Waals surface area contributed by atoms with Gasteiger partial charge in [0.25, 0.3) is 0 Å². The van der Waals surface area contributed by atoms with Crippen molar-refractivity contribution in [1.29, 1.82) is 0 Å². The van der Waals surface area contributed by atoms with Gasteiger partial charge in [-0.3, -0.25) is 37.3 Å². The van der Waals surface area contributed by atoms with E-state index in [1.807, 2.05) is 0 Å². The molecule has 19 heteroatoms. The molecule has 0 heterocycles. The second kappa shape index (κ2) is 63.3. The highest BCUT2D eigenvalue weighted by Crippen LogP contribution is 2.45. The number of ether oxygens (including phenoxy) is 4. The van der Waals surface area contributed by atoms with Gasteiger partial charge in [-0.05, 0) is 69.1 Å². The van der Waals surface area contributed by atoms with Gasteiger partial charge in [0.1, 0.15) is 19.3 Å². The van der Waals surface area contributed by atoms with Gasteiger partial charge in [0.05, 0.1) is 26.4 Å². The maximum absolute atomic E-state index is 13.0. The Bertz CT molecular complexity index is 1900. The van der Waals surface area contributed by atoms with Crippen molar-refractivity contribution in [3.8, 4) is 0 Å². The number of allylic oxidation sites excluding steroid dienone is 4. The molecule has 3 unspecified atom stereocenters. The molecule has 6 atom stereocenters. The van der Waals surface area contributed by atoms with Crippen LogP contribution < -0.4 is 0 Å². The van der Waals surface area contributed by atoms with Gasteiger partial charge in [0.15, 0.2) is 12.2 Å². The van der Waals surface area contributed by atoms with Crippen LogP contribution in [0.3, 0.4) is 0 Å². The van der Waals surface area contributed by atoms with Gasteiger partial charge >= 0.3 is 39.5 Å². The van der Waals surface area contributed by atoms with E-state index in [2.05, 4.69) is 72.8 Å². The number of phosphoric acid groups is 2. The molecule has 0 amide bonds. The highest BCUT2D eigenvalue weighted by molar-refractivity contribution is 7.47. The first-order valence-electron chi connectivity index (χ1n) is 37.2. The van der Waals surface area contributed by atoms with Crippen LogP contribution in [-0.4, -0.2) is 96.7 Å². The molecule has 0 radical (unpaired) electrons. The van der Waals surface area contributed by atoms with Crippen molar-refractivity contribution in [3.63, 3.8) is 0 Å². The first kappa shape index (κ1) is 89.5. The van der Waals surface area contributed by atoms with E-state index in [1.165, 1.54) is 135 Å². The molecule has 3 N–H and O–H groups in total. The number of aliphatic hydroxyl groups is 1. The number of unbranched alkanes of at least 4 members (excludes halogenated alkanes) is 33. The standard InChI is InChI=1S/C73H138O17P2/c1-8-10-11-12-13-14-15-16-17-20-24-27-33-42-49-56-72(77)89-69(61-84-71(76)55-48-41-36-35-38-45-52-65(5)6)63-88-92(81,82)86-59-67(74)58-85-91(79,80)87-62-68(90-73(78)57-50-43-34-29-28-31-39-46-53-66(7)9-2)60-83-70(75)54-47-40-32-26-23-21-18-19-22-25-30-37-44-51-64(3)4/h14-17,64-69,74H,8-13,18-63H2,1-7H3,(H,79,80)(H,81,82)/b15-14-,17-16-/t66?,67-,68-,69-/m1/s1. The summed E-state index contributed by atoms with van der Waals surface area (Å²) in [5.74, 6) is 0.0773. The van der Waals surface area contributed by atoms with Crippen LogP contribution in [0.1, 0.15) is 344 Å². The lowest BCUT2D eigenvalue weighted by Crippen LogP contribution is -2.30. The third-order valence-electron chi connectivity index (χ3n) is 16.6. The lowest BCUT2D eigenvalue weighted by Gasteiger charge is -2.21. The van der Waals surface area contributed by atoms with Crippen molar-refractivity contribution < 1.29 is 80.2 Å². The molecule has 0 bridgehead atoms. The largest absolute Gasteiger partial charge is 0.472 e. The Kier molecular flexibility index (Phi) is 61.6. The zero-order valence-electron chi connectivity index (χ0n) is 59.5. The van der Waals surface area contributed by atoms with E-state index in [1.54, 1.807) is 0 Å². The van der Waals surface area contributed by atoms with Gasteiger partial charge in [-0.25, -0.2) is 9.13 Å². The highest BCUT2D eigenvalue weighted by atomic mass is 31.2. The van der Waals surface area contributed by atoms with Crippen LogP contribution in [0.4, 0.5) is 0 Å². The summed E-state index contributed by atoms with van der Waals surface area (Å²) in [5.41, 5.74) is 0. The molecule has 0 aromatic rings. The summed E-state index contributed by atoms with van der Waals surface area (Å²) in [6.07, 6.45) is 50.9. The topological polar surface area (TPSA) is 237 Å². The summed E-state index contributed by atoms with van der Waals surface area (Å²) in [5, 5.41) is 10.6. The van der Waals surface area contributed by atoms with Crippen molar-refractivity contribution in [2.45, 2.75) is 362 Å². The number of carbonyl (C=O) groups is 4. The summed E-state index contributed by atoms with van der Waals surface area (Å²) >= 11 is 0. The summed E-state index contributed by atoms with van der Waals surface area (Å²) < 4.78 is 68.3. The molecular weight excluding hydrogens is 1210 g/mol. The molecule has 0 saturated carbocycles. The van der Waals surface area contributed by atoms with Crippen LogP contribution in [0.25, 0.3) is 0 Å². The Morgan fingerprint density at radius 3 is 0.967 bits per heavy atom. The van der Waals surface area contributed by atoms with Crippen LogP contribution in [0.2, 0.25) is 0 Å². The predicted octanol–water partition coefficient (Wildman–Crippen LogP) is 20.6. The molecular formula is C73H138O17P2. The summed E-state index contributed by atoms with van der Waals surface area (Å²) in [6.45, 7) is 11.7. The van der Waals surface area contributed by atoms with Gasteiger partial charge < -0.3 is 33.8 Å². The Morgan fingerprint density at radius 2 is 0.641 bits per heavy atom. The second-order valence-electron chi connectivity index (χ2n) is 26.8. The van der Waals surface area contributed by atoms with Crippen LogP contribution >= 0.6 is 15.6 Å². The van der Waals surface area contributed by atoms with Crippen LogP contribution in [0.15, 0.2) is 24.3 Å². The van der Waals surface area contributed by atoms with Gasteiger partial charge in [0.2, 0.25) is 0 Å². The fourth-order valence-corrected chi connectivity index (χ4v) is 12.1. The number of phosphoric ester groups is 2. The monoisotopic (exact) mass is 1350 g/mol. The van der Waals surface area contributed by atoms with Gasteiger partial charge in [-0.1, -0.05) is 291 Å². The maximum Gasteiger partial charge on any atom is 0.472 e. The number of rotatable bonds is 69. The third-order valence-corrected chi connectivity index (χ3v) is 18.5. The van der Waals surface area contributed by atoms with Crippen molar-refractivity contribution in [3.05, 3.63) is 24.3 Å². The minimum Gasteiger partial charge on any atom is -0.462 e. The first-order chi connectivity index (χ1) is 44.3. The van der Waals surface area contributed by atoms with Crippen molar-refractivity contribution in [2.24, 2.45) is 17.8 Å². The normalized spacial score (nSPS) is 14.6. The molecule has 92 heavy (non-hydrogen) atoms. The Morgan fingerprint density at radius 1 is 0.359 bits per heavy atom. The van der Waals surface area contributed by atoms with E-state index in [-0.39, 0.29) is 25.7 Å². The molecule has 0 spiro atoms. The minimum atomic E-state index is -4.96. The van der Waals surface area contributed by atoms with E-state index in [4.69, 9.17) is 37.0 Å². The fourth-order valence-electron chi connectivity index (χ4n) is 10.5. The molecule has 0 aromatic heterocycles. The average molecular weight is 1350 g/mol. The number of hydrogen-bond acceptors (Lipinski definition) is 15. The summed E-state index contributed by atoms with van der Waals surface area (Å²) in [6, 6.07) is 0. The SMILES string of the molecule is CCCCCC/C=C\C=C/CCCCCCCC(=O)O[C@H](COC(=O)CCCCCCCCC(C)C)COP(=O)(O)OC[C@H](O)COP(=O)(O)OC[C@@H](COC(=O)CCCCCCCCCCCCCCCC(C)C)OC(=O)CCCCCCCCCCC(C)CC. The molecule has 17 nitrogen and oxygen atoms in total. The summed E-state index contributed by atoms with van der Waals surface area (Å²) in [4.78, 5) is 72.6. The number of hydrogen-bond donors (Lipinski definition) is 3. The predicted molar refractivity (Wildman–Crippen MR) is 372 cm³/mol. The Labute approximate surface area is 561 Å². The van der Waals surface area contributed by atoms with Crippen LogP contribution in [0, 0.1) is 17.8 Å². The van der Waals surface area contributed by atoms with Crippen molar-refractivity contribution in [1.82, 2.24) is 0 Å². The van der Waals surface area contributed by atoms with Gasteiger partial charge in [-0.2, -0.15) is 0 Å². The van der Waals surface area contributed by atoms with E-state index in [0.29, 0.717) is 31.6 Å². The average Bonchev–Trinajstić information content (AvgIpc) is 1.78. The van der Waals surface area contributed by atoms with Crippen LogP contribution in [0.5, 0.6) is 0 Å². The van der Waals surface area contributed by atoms with Crippen molar-refractivity contribution >= 4 is 39.5 Å². The van der Waals surface area contributed by atoms with E-state index < -0.39 is 97.5 Å². The summed E-state index contributed by atoms with van der Waals surface area (Å²) in [7, 11) is -9.92. The third kappa shape index (κ3) is 64.9. The number of esters is 4. The molecule has 0 aliphatic rings. The molecule has 542 valence electrons. The fraction of sp³-hybridized carbons (Fsp3) is 0.890. The number of aliphatic hydroxyl groups excluding tert-OH is 1. The van der Waals surface area contributed by atoms with Gasteiger partial charge in [-0.15, -0.1) is 0 Å². The van der Waals surface area contributed by atoms with Crippen molar-refractivity contribution in [2.75, 3.05) is 39.6 Å². The molecule has 0 saturated heterocycles. The zero-order chi connectivity index (χ0) is 68.0. The molecule has 0 fully saturated rings. The lowest BCUT2D eigenvalue weighted by atomic mass is 9.99. The number of carbonyl (C=O) groups excluding carboxylic acids is 4. The van der Waals surface area contributed by atoms with Crippen LogP contribution in [-0.2, 0) is 65.4 Å². The van der Waals surface area contributed by atoms with E-state index >= 15 is 0 Å². The Hall–Kier alpha value is -2.46. The smallest absolute Gasteiger partial charge is 0.462 e. The zero-order valence-corrected chi connectivity index (χ0v) is 61.3. The minimum absolute atomic E-state index is 0.0835. The highest BCUT2D eigenvalue weighted by Gasteiger charge is 2.30. The molecule has 0 rings (SSSR count). The van der Waals surface area contributed by atoms with E-state index in [9.17, 15) is 43.2 Å². The van der Waals surface area contributed by atoms with E-state index in [0.717, 1.165) is 121 Å². The first-order valence-corrected chi connectivity index (χ1v) is 40.2. The quantitative estimate of drug-likeness (QED) is 0.0169. The molecule has 0 aliphatic heterocycles. The maximum atomic E-state index is 13.0. The molecule has 0 aromatic carbocycles. The molecule has 0 aliphatic carbocycles. The van der Waals surface area contributed by atoms with Gasteiger partial charge in [0, 0.05) is 25.7 Å².